The summed E-state index contributed by atoms with van der Waals surface area (Å²) in [5, 5.41) is 4.87. The van der Waals surface area contributed by atoms with E-state index in [2.05, 4.69) is 49.8 Å². The Labute approximate surface area is 121 Å². The first-order valence-corrected chi connectivity index (χ1v) is 8.23. The van der Waals surface area contributed by atoms with Crippen LogP contribution in [0.25, 0.3) is 0 Å². The van der Waals surface area contributed by atoms with Gasteiger partial charge in [-0.2, -0.15) is 0 Å². The van der Waals surface area contributed by atoms with E-state index >= 15 is 0 Å². The van der Waals surface area contributed by atoms with Gasteiger partial charge in [0.1, 0.15) is 0 Å². The molecule has 1 aromatic rings. The van der Waals surface area contributed by atoms with Crippen LogP contribution in [-0.4, -0.2) is 35.1 Å². The van der Waals surface area contributed by atoms with E-state index in [4.69, 9.17) is 0 Å². The maximum Gasteiger partial charge on any atom is 0.0900 e. The second-order valence-electron chi connectivity index (χ2n) is 6.01. The van der Waals surface area contributed by atoms with Gasteiger partial charge in [0.15, 0.2) is 0 Å². The van der Waals surface area contributed by atoms with Gasteiger partial charge in [0.25, 0.3) is 0 Å². The lowest BCUT2D eigenvalue weighted by atomic mass is 10.0. The number of nitrogens with zero attached hydrogens (tertiary/aromatic N) is 2. The zero-order valence-electron chi connectivity index (χ0n) is 12.9. The molecule has 3 nitrogen and oxygen atoms in total. The molecule has 0 bridgehead atoms. The highest BCUT2D eigenvalue weighted by molar-refractivity contribution is 7.11. The molecule has 0 aromatic carbocycles. The number of aryl methyl sites for hydroxylation is 2. The summed E-state index contributed by atoms with van der Waals surface area (Å²) in [6.45, 7) is 13.4. The van der Waals surface area contributed by atoms with Crippen molar-refractivity contribution in [1.82, 2.24) is 15.2 Å². The lowest BCUT2D eigenvalue weighted by Crippen LogP contribution is -2.48. The van der Waals surface area contributed by atoms with E-state index in [1.54, 1.807) is 0 Å². The minimum absolute atomic E-state index is 0.503. The van der Waals surface area contributed by atoms with Gasteiger partial charge in [-0.15, -0.1) is 11.3 Å². The Morgan fingerprint density at radius 1 is 1.32 bits per heavy atom. The molecule has 1 aliphatic heterocycles. The Hall–Kier alpha value is -0.450. The van der Waals surface area contributed by atoms with Gasteiger partial charge in [-0.05, 0) is 40.2 Å². The molecule has 0 spiro atoms. The molecule has 108 valence electrons. The van der Waals surface area contributed by atoms with Gasteiger partial charge in [-0.25, -0.2) is 4.98 Å². The summed E-state index contributed by atoms with van der Waals surface area (Å²) in [6, 6.07) is 1.72. The smallest absolute Gasteiger partial charge is 0.0900 e. The van der Waals surface area contributed by atoms with Crippen LogP contribution < -0.4 is 5.32 Å². The highest BCUT2D eigenvalue weighted by Crippen LogP contribution is 2.30. The molecule has 2 atom stereocenters. The fourth-order valence-electron chi connectivity index (χ4n) is 3.07. The van der Waals surface area contributed by atoms with Crippen molar-refractivity contribution in [3.05, 3.63) is 15.6 Å². The molecule has 0 saturated carbocycles. The van der Waals surface area contributed by atoms with Crippen LogP contribution in [0.2, 0.25) is 0 Å². The summed E-state index contributed by atoms with van der Waals surface area (Å²) in [5.74, 6) is 0. The van der Waals surface area contributed by atoms with Crippen molar-refractivity contribution in [3.8, 4) is 0 Å². The zero-order valence-corrected chi connectivity index (χ0v) is 13.7. The molecule has 2 rings (SSSR count). The van der Waals surface area contributed by atoms with Crippen LogP contribution in [-0.2, 0) is 0 Å². The number of likely N-dealkylation sites (tertiary alicyclic amines) is 1. The Balaban J connectivity index is 2.02. The molecule has 1 fully saturated rings. The van der Waals surface area contributed by atoms with Crippen LogP contribution >= 0.6 is 11.3 Å². The maximum absolute atomic E-state index is 4.57. The fourth-order valence-corrected chi connectivity index (χ4v) is 4.08. The summed E-state index contributed by atoms with van der Waals surface area (Å²) >= 11 is 1.86. The fraction of sp³-hybridized carbons (Fsp3) is 0.800. The van der Waals surface area contributed by atoms with Gasteiger partial charge < -0.3 is 5.32 Å². The molecule has 1 aromatic heterocycles. The van der Waals surface area contributed by atoms with Gasteiger partial charge in [-0.3, -0.25) is 4.90 Å². The quantitative estimate of drug-likeness (QED) is 0.918. The van der Waals surface area contributed by atoms with Crippen LogP contribution in [0.5, 0.6) is 0 Å². The molecule has 1 aliphatic rings. The molecule has 0 aliphatic carbocycles. The largest absolute Gasteiger partial charge is 0.311 e. The third-order valence-electron chi connectivity index (χ3n) is 3.89. The summed E-state index contributed by atoms with van der Waals surface area (Å²) in [5.41, 5.74) is 1.22. The predicted octanol–water partition coefficient (Wildman–Crippen LogP) is 3.28. The number of aromatic nitrogens is 1. The van der Waals surface area contributed by atoms with Crippen LogP contribution in [0, 0.1) is 13.8 Å². The summed E-state index contributed by atoms with van der Waals surface area (Å²) in [4.78, 5) is 8.63. The van der Waals surface area contributed by atoms with Gasteiger partial charge in [0.05, 0.1) is 10.7 Å². The first-order valence-electron chi connectivity index (χ1n) is 7.41. The molecule has 0 amide bonds. The van der Waals surface area contributed by atoms with E-state index in [1.165, 1.54) is 35.0 Å². The first-order chi connectivity index (χ1) is 8.97. The molecular formula is C15H27N3S. The first kappa shape index (κ1) is 14.9. The summed E-state index contributed by atoms with van der Waals surface area (Å²) in [6.07, 6.45) is 2.60. The van der Waals surface area contributed by atoms with Crippen molar-refractivity contribution in [2.24, 2.45) is 0 Å². The van der Waals surface area contributed by atoms with E-state index in [9.17, 15) is 0 Å². The third-order valence-corrected chi connectivity index (χ3v) is 5.13. The number of thiazole rings is 1. The summed E-state index contributed by atoms with van der Waals surface area (Å²) in [7, 11) is 0. The number of hydrogen-bond acceptors (Lipinski definition) is 4. The average molecular weight is 281 g/mol. The van der Waals surface area contributed by atoms with E-state index in [1.807, 2.05) is 11.3 Å². The monoisotopic (exact) mass is 281 g/mol. The van der Waals surface area contributed by atoms with Crippen LogP contribution in [0.4, 0.5) is 0 Å². The molecule has 1 saturated heterocycles. The van der Waals surface area contributed by atoms with E-state index in [0.29, 0.717) is 18.1 Å². The van der Waals surface area contributed by atoms with E-state index in [0.717, 1.165) is 6.54 Å². The highest BCUT2D eigenvalue weighted by atomic mass is 32.1. The van der Waals surface area contributed by atoms with Crippen molar-refractivity contribution >= 4 is 11.3 Å². The van der Waals surface area contributed by atoms with Crippen molar-refractivity contribution in [3.63, 3.8) is 0 Å². The number of rotatable bonds is 4. The minimum Gasteiger partial charge on any atom is -0.311 e. The molecule has 19 heavy (non-hydrogen) atoms. The lowest BCUT2D eigenvalue weighted by Gasteiger charge is -2.37. The number of hydrogen-bond donors (Lipinski definition) is 1. The standard InChI is InChI=1S/C15H27N3S/c1-10(2)16-14-7-6-8-18(9-14)12(4)15-11(3)17-13(5)19-15/h10,12,14,16H,6-9H2,1-5H3. The van der Waals surface area contributed by atoms with Crippen LogP contribution in [0.3, 0.4) is 0 Å². The van der Waals surface area contributed by atoms with Crippen molar-refractivity contribution < 1.29 is 0 Å². The molecule has 0 radical (unpaired) electrons. The Kier molecular flexibility index (Phi) is 4.98. The minimum atomic E-state index is 0.503. The normalized spacial score (nSPS) is 22.9. The maximum atomic E-state index is 4.57. The summed E-state index contributed by atoms with van der Waals surface area (Å²) < 4.78 is 0. The molecule has 1 N–H and O–H groups in total. The Bertz CT molecular complexity index is 414. The van der Waals surface area contributed by atoms with Gasteiger partial charge in [0.2, 0.25) is 0 Å². The van der Waals surface area contributed by atoms with Gasteiger partial charge in [-0.1, -0.05) is 13.8 Å². The number of nitrogens with one attached hydrogen (secondary N) is 1. The average Bonchev–Trinajstić information content (AvgIpc) is 2.67. The van der Waals surface area contributed by atoms with Crippen LogP contribution in [0.1, 0.15) is 55.2 Å². The van der Waals surface area contributed by atoms with Gasteiger partial charge >= 0.3 is 0 Å². The second kappa shape index (κ2) is 6.33. The van der Waals surface area contributed by atoms with E-state index < -0.39 is 0 Å². The Morgan fingerprint density at radius 3 is 2.63 bits per heavy atom. The topological polar surface area (TPSA) is 28.2 Å². The van der Waals surface area contributed by atoms with E-state index in [-0.39, 0.29) is 0 Å². The zero-order chi connectivity index (χ0) is 14.0. The van der Waals surface area contributed by atoms with Gasteiger partial charge in [0, 0.05) is 29.5 Å². The van der Waals surface area contributed by atoms with Crippen molar-refractivity contribution in [2.45, 2.75) is 65.6 Å². The second-order valence-corrected chi connectivity index (χ2v) is 7.25. The number of piperidine rings is 1. The Morgan fingerprint density at radius 2 is 2.05 bits per heavy atom. The lowest BCUT2D eigenvalue weighted by molar-refractivity contribution is 0.143. The third kappa shape index (κ3) is 3.77. The van der Waals surface area contributed by atoms with Crippen molar-refractivity contribution in [2.75, 3.05) is 13.1 Å². The highest BCUT2D eigenvalue weighted by Gasteiger charge is 2.26. The molecule has 2 heterocycles. The van der Waals surface area contributed by atoms with Crippen LogP contribution in [0.15, 0.2) is 0 Å². The molecular weight excluding hydrogens is 254 g/mol. The van der Waals surface area contributed by atoms with Crippen molar-refractivity contribution in [1.29, 1.82) is 0 Å². The molecule has 2 unspecified atom stereocenters. The predicted molar refractivity (Wildman–Crippen MR) is 82.9 cm³/mol. The SMILES string of the molecule is Cc1nc(C)c(C(C)N2CCCC(NC(C)C)C2)s1. The molecule has 4 heteroatoms.